The van der Waals surface area contributed by atoms with E-state index in [0.29, 0.717) is 28.2 Å². The molecule has 0 radical (unpaired) electrons. The van der Waals surface area contributed by atoms with Crippen LogP contribution >= 0.6 is 11.8 Å². The topological polar surface area (TPSA) is 82.3 Å². The fraction of sp³-hybridized carbons (Fsp3) is 0.118. The van der Waals surface area contributed by atoms with Crippen LogP contribution < -0.4 is 5.63 Å². The quantitative estimate of drug-likeness (QED) is 0.409. The molecule has 0 fully saturated rings. The number of fused-ring (bicyclic) bond motifs is 1. The highest BCUT2D eigenvalue weighted by Gasteiger charge is 2.13. The van der Waals surface area contributed by atoms with E-state index in [1.807, 2.05) is 25.1 Å². The Hall–Kier alpha value is -2.80. The molecule has 0 bridgehead atoms. The summed E-state index contributed by atoms with van der Waals surface area (Å²) in [4.78, 5) is 11.7. The van der Waals surface area contributed by atoms with Crippen LogP contribution in [0.4, 0.5) is 0 Å². The molecule has 0 spiro atoms. The van der Waals surface area contributed by atoms with Gasteiger partial charge in [0.15, 0.2) is 5.76 Å². The molecule has 3 aromatic heterocycles. The van der Waals surface area contributed by atoms with E-state index < -0.39 is 0 Å². The minimum absolute atomic E-state index is 0.329. The molecular weight excluding hydrogens is 328 g/mol. The second-order valence-electron chi connectivity index (χ2n) is 5.23. The van der Waals surface area contributed by atoms with E-state index in [9.17, 15) is 4.79 Å². The van der Waals surface area contributed by atoms with E-state index in [4.69, 9.17) is 13.3 Å². The summed E-state index contributed by atoms with van der Waals surface area (Å²) < 4.78 is 16.0. The SMILES string of the molecule is Cc1ccc2c(CSc3nnc(-c4ccco4)o3)cc(=O)oc2c1. The van der Waals surface area contributed by atoms with E-state index >= 15 is 0 Å². The third-order valence-electron chi connectivity index (χ3n) is 3.48. The summed E-state index contributed by atoms with van der Waals surface area (Å²) in [5.74, 6) is 1.37. The van der Waals surface area contributed by atoms with Gasteiger partial charge in [-0.05, 0) is 36.2 Å². The second-order valence-corrected chi connectivity index (χ2v) is 6.16. The number of benzene rings is 1. The third-order valence-corrected chi connectivity index (χ3v) is 4.34. The Morgan fingerprint density at radius 2 is 2.04 bits per heavy atom. The average molecular weight is 340 g/mol. The van der Waals surface area contributed by atoms with Gasteiger partial charge in [-0.15, -0.1) is 10.2 Å². The summed E-state index contributed by atoms with van der Waals surface area (Å²) in [6, 6.07) is 10.8. The number of aromatic nitrogens is 2. The Morgan fingerprint density at radius 3 is 2.88 bits per heavy atom. The fourth-order valence-electron chi connectivity index (χ4n) is 2.36. The number of thioether (sulfide) groups is 1. The van der Waals surface area contributed by atoms with Crippen LogP contribution in [0.3, 0.4) is 0 Å². The lowest BCUT2D eigenvalue weighted by Crippen LogP contribution is -2.00. The Kier molecular flexibility index (Phi) is 3.70. The lowest BCUT2D eigenvalue weighted by atomic mass is 10.1. The van der Waals surface area contributed by atoms with E-state index in [-0.39, 0.29) is 5.63 Å². The van der Waals surface area contributed by atoms with Gasteiger partial charge in [0, 0.05) is 17.2 Å². The van der Waals surface area contributed by atoms with Gasteiger partial charge in [-0.3, -0.25) is 0 Å². The molecule has 0 saturated heterocycles. The van der Waals surface area contributed by atoms with Gasteiger partial charge in [-0.2, -0.15) is 0 Å². The molecule has 0 N–H and O–H groups in total. The summed E-state index contributed by atoms with van der Waals surface area (Å²) in [5.41, 5.74) is 2.12. The Bertz CT molecular complexity index is 1050. The first-order valence-electron chi connectivity index (χ1n) is 7.22. The van der Waals surface area contributed by atoms with Crippen molar-refractivity contribution >= 4 is 22.7 Å². The van der Waals surface area contributed by atoms with Crippen molar-refractivity contribution in [2.75, 3.05) is 0 Å². The Balaban J connectivity index is 1.60. The summed E-state index contributed by atoms with van der Waals surface area (Å²) in [5, 5.41) is 9.25. The van der Waals surface area contributed by atoms with Crippen molar-refractivity contribution in [2.24, 2.45) is 0 Å². The predicted molar refractivity (Wildman–Crippen MR) is 88.8 cm³/mol. The van der Waals surface area contributed by atoms with Crippen LogP contribution in [0.1, 0.15) is 11.1 Å². The molecule has 6 nitrogen and oxygen atoms in total. The first-order valence-corrected chi connectivity index (χ1v) is 8.21. The maximum atomic E-state index is 11.7. The lowest BCUT2D eigenvalue weighted by molar-refractivity contribution is 0.447. The molecule has 0 aliphatic carbocycles. The molecule has 24 heavy (non-hydrogen) atoms. The first kappa shape index (κ1) is 14.8. The second kappa shape index (κ2) is 6.01. The number of aryl methyl sites for hydroxylation is 1. The van der Waals surface area contributed by atoms with Crippen LogP contribution in [0.25, 0.3) is 22.6 Å². The third kappa shape index (κ3) is 2.85. The molecule has 3 heterocycles. The van der Waals surface area contributed by atoms with Crippen molar-refractivity contribution in [3.63, 3.8) is 0 Å². The van der Waals surface area contributed by atoms with E-state index in [1.165, 1.54) is 17.8 Å². The van der Waals surface area contributed by atoms with Gasteiger partial charge in [0.1, 0.15) is 5.58 Å². The van der Waals surface area contributed by atoms with Crippen LogP contribution in [0.2, 0.25) is 0 Å². The van der Waals surface area contributed by atoms with Crippen molar-refractivity contribution in [3.05, 3.63) is 64.2 Å². The lowest BCUT2D eigenvalue weighted by Gasteiger charge is -2.04. The van der Waals surface area contributed by atoms with Gasteiger partial charge >= 0.3 is 5.63 Å². The highest BCUT2D eigenvalue weighted by atomic mass is 32.2. The maximum absolute atomic E-state index is 11.7. The molecule has 0 unspecified atom stereocenters. The summed E-state index contributed by atoms with van der Waals surface area (Å²) in [7, 11) is 0. The van der Waals surface area contributed by atoms with Gasteiger partial charge in [0.25, 0.3) is 11.1 Å². The van der Waals surface area contributed by atoms with Crippen LogP contribution in [0.15, 0.2) is 65.9 Å². The van der Waals surface area contributed by atoms with Gasteiger partial charge in [0.2, 0.25) is 0 Å². The minimum Gasteiger partial charge on any atom is -0.459 e. The molecule has 4 rings (SSSR count). The zero-order chi connectivity index (χ0) is 16.5. The molecule has 0 amide bonds. The molecule has 4 aromatic rings. The standard InChI is InChI=1S/C17H12N2O4S/c1-10-4-5-12-11(8-15(20)22-14(12)7-10)9-24-17-19-18-16(23-17)13-3-2-6-21-13/h2-8H,9H2,1H3. The van der Waals surface area contributed by atoms with E-state index in [1.54, 1.807) is 18.4 Å². The molecular formula is C17H12N2O4S. The Morgan fingerprint density at radius 1 is 1.12 bits per heavy atom. The molecule has 0 atom stereocenters. The normalized spacial score (nSPS) is 11.2. The largest absolute Gasteiger partial charge is 0.459 e. The van der Waals surface area contributed by atoms with Crippen molar-refractivity contribution in [1.82, 2.24) is 10.2 Å². The number of hydrogen-bond acceptors (Lipinski definition) is 7. The minimum atomic E-state index is -0.370. The number of hydrogen-bond donors (Lipinski definition) is 0. The van der Waals surface area contributed by atoms with Crippen LogP contribution in [-0.4, -0.2) is 10.2 Å². The zero-order valence-corrected chi connectivity index (χ0v) is 13.5. The van der Waals surface area contributed by atoms with E-state index in [0.717, 1.165) is 16.5 Å². The van der Waals surface area contributed by atoms with Crippen molar-refractivity contribution < 1.29 is 13.3 Å². The van der Waals surface area contributed by atoms with Crippen LogP contribution in [0, 0.1) is 6.92 Å². The van der Waals surface area contributed by atoms with Gasteiger partial charge in [0.05, 0.1) is 6.26 Å². The summed E-state index contributed by atoms with van der Waals surface area (Å²) in [6.07, 6.45) is 1.55. The van der Waals surface area contributed by atoms with Crippen LogP contribution in [0.5, 0.6) is 0 Å². The van der Waals surface area contributed by atoms with Crippen molar-refractivity contribution in [3.8, 4) is 11.7 Å². The number of rotatable bonds is 4. The molecule has 0 aliphatic rings. The predicted octanol–water partition coefficient (Wildman–Crippen LogP) is 4.04. The first-order chi connectivity index (χ1) is 11.7. The van der Waals surface area contributed by atoms with Gasteiger partial charge < -0.3 is 13.3 Å². The van der Waals surface area contributed by atoms with Crippen molar-refractivity contribution in [1.29, 1.82) is 0 Å². The average Bonchev–Trinajstić information content (AvgIpc) is 3.23. The fourth-order valence-corrected chi connectivity index (χ4v) is 3.12. The van der Waals surface area contributed by atoms with Gasteiger partial charge in [-0.1, -0.05) is 23.9 Å². The van der Waals surface area contributed by atoms with Crippen molar-refractivity contribution in [2.45, 2.75) is 17.9 Å². The molecule has 1 aromatic carbocycles. The highest BCUT2D eigenvalue weighted by Crippen LogP contribution is 2.28. The molecule has 0 aliphatic heterocycles. The summed E-state index contributed by atoms with van der Waals surface area (Å²) >= 11 is 1.36. The smallest absolute Gasteiger partial charge is 0.336 e. The number of furan rings is 1. The van der Waals surface area contributed by atoms with Crippen LogP contribution in [-0.2, 0) is 5.75 Å². The molecule has 0 saturated carbocycles. The Labute approximate surface area is 140 Å². The maximum Gasteiger partial charge on any atom is 0.336 e. The summed E-state index contributed by atoms with van der Waals surface area (Å²) in [6.45, 7) is 1.95. The monoisotopic (exact) mass is 340 g/mol. The van der Waals surface area contributed by atoms with E-state index in [2.05, 4.69) is 10.2 Å². The zero-order valence-electron chi connectivity index (χ0n) is 12.7. The van der Waals surface area contributed by atoms with Gasteiger partial charge in [-0.25, -0.2) is 4.79 Å². The highest BCUT2D eigenvalue weighted by molar-refractivity contribution is 7.98. The number of nitrogens with zero attached hydrogens (tertiary/aromatic N) is 2. The molecule has 7 heteroatoms. The molecule has 120 valence electrons.